The zero-order valence-electron chi connectivity index (χ0n) is 3.41. The van der Waals surface area contributed by atoms with E-state index in [9.17, 15) is 0 Å². The molecule has 40 valence electrons. The Bertz CT molecular complexity index is 106. The molecule has 0 atom stereocenters. The molecule has 0 aromatic carbocycles. The molecule has 4 heteroatoms. The summed E-state index contributed by atoms with van der Waals surface area (Å²) in [5.41, 5.74) is 5.12. The number of hydrogen-bond donors (Lipinski definition) is 2. The summed E-state index contributed by atoms with van der Waals surface area (Å²) in [6, 6.07) is 0. The molecule has 0 amide bonds. The SMILES string of the molecule is N=C(Cl)C=C(N)I. The maximum atomic E-state index is 6.63. The summed E-state index contributed by atoms with van der Waals surface area (Å²) in [4.78, 5) is 0. The zero-order chi connectivity index (χ0) is 5.86. The van der Waals surface area contributed by atoms with E-state index < -0.39 is 0 Å². The number of nitrogens with one attached hydrogen (secondary N) is 1. The fourth-order valence-electron chi connectivity index (χ4n) is 0.121. The lowest BCUT2D eigenvalue weighted by molar-refractivity contribution is 1.54. The van der Waals surface area contributed by atoms with Gasteiger partial charge in [-0.25, -0.2) is 0 Å². The van der Waals surface area contributed by atoms with Crippen LogP contribution in [0.25, 0.3) is 0 Å². The summed E-state index contributed by atoms with van der Waals surface area (Å²) < 4.78 is 0.526. The second-order valence-electron chi connectivity index (χ2n) is 0.877. The van der Waals surface area contributed by atoms with Crippen LogP contribution in [-0.4, -0.2) is 5.17 Å². The second-order valence-corrected chi connectivity index (χ2v) is 2.53. The molecule has 0 spiro atoms. The highest BCUT2D eigenvalue weighted by atomic mass is 127. The first-order chi connectivity index (χ1) is 3.13. The summed E-state index contributed by atoms with van der Waals surface area (Å²) >= 11 is 6.97. The first-order valence-electron chi connectivity index (χ1n) is 1.49. The minimum absolute atomic E-state index is 0.0353. The van der Waals surface area contributed by atoms with Crippen molar-refractivity contribution in [3.63, 3.8) is 0 Å². The van der Waals surface area contributed by atoms with Gasteiger partial charge in [-0.1, -0.05) is 11.6 Å². The van der Waals surface area contributed by atoms with Crippen molar-refractivity contribution >= 4 is 39.4 Å². The van der Waals surface area contributed by atoms with Crippen molar-refractivity contribution in [3.8, 4) is 0 Å². The molecule has 0 rings (SSSR count). The third kappa shape index (κ3) is 6.23. The number of hydrogen-bond acceptors (Lipinski definition) is 2. The van der Waals surface area contributed by atoms with Gasteiger partial charge in [0.1, 0.15) is 5.17 Å². The van der Waals surface area contributed by atoms with Crippen molar-refractivity contribution in [1.82, 2.24) is 0 Å². The topological polar surface area (TPSA) is 49.9 Å². The third-order valence-corrected chi connectivity index (χ3v) is 0.685. The molecule has 0 bridgehead atoms. The van der Waals surface area contributed by atoms with Crippen molar-refractivity contribution in [2.75, 3.05) is 0 Å². The van der Waals surface area contributed by atoms with Gasteiger partial charge in [-0.2, -0.15) is 0 Å². The minimum Gasteiger partial charge on any atom is -0.394 e. The van der Waals surface area contributed by atoms with Crippen LogP contribution in [-0.2, 0) is 0 Å². The van der Waals surface area contributed by atoms with Crippen LogP contribution < -0.4 is 5.73 Å². The fourth-order valence-corrected chi connectivity index (χ4v) is 0.734. The van der Waals surface area contributed by atoms with Crippen molar-refractivity contribution in [2.45, 2.75) is 0 Å². The number of rotatable bonds is 1. The fraction of sp³-hybridized carbons (Fsp3) is 0. The summed E-state index contributed by atoms with van der Waals surface area (Å²) in [6.07, 6.45) is 1.36. The lowest BCUT2D eigenvalue weighted by Crippen LogP contribution is -1.88. The van der Waals surface area contributed by atoms with Crippen molar-refractivity contribution in [2.24, 2.45) is 5.73 Å². The molecule has 0 heterocycles. The van der Waals surface area contributed by atoms with Crippen molar-refractivity contribution < 1.29 is 0 Å². The summed E-state index contributed by atoms with van der Waals surface area (Å²) in [6.45, 7) is 0. The molecule has 0 radical (unpaired) electrons. The van der Waals surface area contributed by atoms with Crippen LogP contribution in [0.15, 0.2) is 9.78 Å². The van der Waals surface area contributed by atoms with Gasteiger partial charge >= 0.3 is 0 Å². The minimum atomic E-state index is -0.0353. The summed E-state index contributed by atoms with van der Waals surface area (Å²) in [5, 5.41) is 6.59. The molecular formula is C3H4ClIN2. The first-order valence-corrected chi connectivity index (χ1v) is 2.95. The Morgan fingerprint density at radius 2 is 2.29 bits per heavy atom. The highest BCUT2D eigenvalue weighted by Gasteiger charge is 1.80. The predicted molar refractivity (Wildman–Crippen MR) is 39.9 cm³/mol. The first kappa shape index (κ1) is 7.23. The van der Waals surface area contributed by atoms with Crippen LogP contribution in [0.2, 0.25) is 0 Å². The van der Waals surface area contributed by atoms with Crippen LogP contribution in [0.4, 0.5) is 0 Å². The molecule has 0 saturated heterocycles. The maximum absolute atomic E-state index is 6.63. The predicted octanol–water partition coefficient (Wildman–Crippen LogP) is 1.44. The van der Waals surface area contributed by atoms with E-state index in [-0.39, 0.29) is 5.17 Å². The molecule has 0 aliphatic rings. The lowest BCUT2D eigenvalue weighted by Gasteiger charge is -1.80. The highest BCUT2D eigenvalue weighted by Crippen LogP contribution is 1.96. The van der Waals surface area contributed by atoms with Crippen LogP contribution in [0, 0.1) is 5.41 Å². The molecule has 7 heavy (non-hydrogen) atoms. The number of nitrogens with two attached hydrogens (primary N) is 1. The quantitative estimate of drug-likeness (QED) is 0.400. The van der Waals surface area contributed by atoms with E-state index in [1.54, 1.807) is 0 Å². The Balaban J connectivity index is 3.68. The van der Waals surface area contributed by atoms with Gasteiger partial charge in [0.25, 0.3) is 0 Å². The van der Waals surface area contributed by atoms with Crippen molar-refractivity contribution in [3.05, 3.63) is 9.78 Å². The van der Waals surface area contributed by atoms with E-state index in [2.05, 4.69) is 0 Å². The maximum Gasteiger partial charge on any atom is 0.123 e. The van der Waals surface area contributed by atoms with Gasteiger partial charge in [-0.05, 0) is 22.6 Å². The molecule has 0 aliphatic carbocycles. The van der Waals surface area contributed by atoms with E-state index >= 15 is 0 Å². The van der Waals surface area contributed by atoms with Crippen LogP contribution in [0.3, 0.4) is 0 Å². The molecule has 0 saturated carbocycles. The van der Waals surface area contributed by atoms with E-state index in [0.717, 1.165) is 0 Å². The second kappa shape index (κ2) is 3.26. The lowest BCUT2D eigenvalue weighted by atomic mass is 10.7. The smallest absolute Gasteiger partial charge is 0.123 e. The Labute approximate surface area is 60.4 Å². The molecule has 0 aromatic heterocycles. The van der Waals surface area contributed by atoms with Crippen LogP contribution in [0.1, 0.15) is 0 Å². The molecule has 3 N–H and O–H groups in total. The molecule has 0 aromatic rings. The molecule has 0 unspecified atom stereocenters. The van der Waals surface area contributed by atoms with Crippen LogP contribution in [0.5, 0.6) is 0 Å². The van der Waals surface area contributed by atoms with Crippen molar-refractivity contribution in [1.29, 1.82) is 5.41 Å². The summed E-state index contributed by atoms with van der Waals surface area (Å²) in [5.74, 6) is 0. The van der Waals surface area contributed by atoms with Crippen LogP contribution >= 0.6 is 34.2 Å². The van der Waals surface area contributed by atoms with E-state index in [0.29, 0.717) is 3.70 Å². The van der Waals surface area contributed by atoms with E-state index in [1.165, 1.54) is 6.08 Å². The van der Waals surface area contributed by atoms with Gasteiger partial charge in [0.15, 0.2) is 0 Å². The Kier molecular flexibility index (Phi) is 3.37. The zero-order valence-corrected chi connectivity index (χ0v) is 6.32. The van der Waals surface area contributed by atoms with Gasteiger partial charge in [0.05, 0.1) is 3.70 Å². The average molecular weight is 230 g/mol. The normalized spacial score (nSPS) is 11.4. The standard InChI is InChI=1S/C3H4ClIN2/c4-2(6)1-3(5)7/h1,6H,7H2. The average Bonchev–Trinajstić information content (AvgIpc) is 1.27. The number of allylic oxidation sites excluding steroid dienone is 1. The Morgan fingerprint density at radius 3 is 2.29 bits per heavy atom. The van der Waals surface area contributed by atoms with Gasteiger partial charge in [0.2, 0.25) is 0 Å². The molecule has 0 aliphatic heterocycles. The van der Waals surface area contributed by atoms with Gasteiger partial charge < -0.3 is 5.73 Å². The van der Waals surface area contributed by atoms with E-state index in [1.807, 2.05) is 22.6 Å². The highest BCUT2D eigenvalue weighted by molar-refractivity contribution is 14.1. The largest absolute Gasteiger partial charge is 0.394 e. The Morgan fingerprint density at radius 1 is 1.86 bits per heavy atom. The monoisotopic (exact) mass is 230 g/mol. The van der Waals surface area contributed by atoms with Gasteiger partial charge in [0, 0.05) is 6.08 Å². The van der Waals surface area contributed by atoms with Gasteiger partial charge in [-0.3, -0.25) is 5.41 Å². The molecule has 0 fully saturated rings. The molecule has 2 nitrogen and oxygen atoms in total. The van der Waals surface area contributed by atoms with E-state index in [4.69, 9.17) is 22.7 Å². The Hall–Kier alpha value is 0.230. The number of halogens is 2. The summed E-state index contributed by atoms with van der Waals surface area (Å²) in [7, 11) is 0. The third-order valence-electron chi connectivity index (χ3n) is 0.265. The molecular weight excluding hydrogens is 226 g/mol. The van der Waals surface area contributed by atoms with Gasteiger partial charge in [-0.15, -0.1) is 0 Å².